The molecule has 2 unspecified atom stereocenters. The summed E-state index contributed by atoms with van der Waals surface area (Å²) < 4.78 is 0. The number of nitrogens with two attached hydrogens (primary N) is 1. The predicted molar refractivity (Wildman–Crippen MR) is 64.0 cm³/mol. The summed E-state index contributed by atoms with van der Waals surface area (Å²) >= 11 is 0. The van der Waals surface area contributed by atoms with Gasteiger partial charge in [-0.3, -0.25) is 9.69 Å². The Bertz CT molecular complexity index is 253. The van der Waals surface area contributed by atoms with Crippen LogP contribution in [0.1, 0.15) is 32.6 Å². The fourth-order valence-corrected chi connectivity index (χ4v) is 2.40. The summed E-state index contributed by atoms with van der Waals surface area (Å²) in [5, 5.41) is 3.07. The van der Waals surface area contributed by atoms with Gasteiger partial charge in [-0.25, -0.2) is 0 Å². The quantitative estimate of drug-likeness (QED) is 0.708. The van der Waals surface area contributed by atoms with E-state index in [2.05, 4.69) is 10.2 Å². The standard InChI is InChI=1S/C12H23N3O/c1-9(12(16)14-11-2-3-11)15-7-5-10(8-15)4-6-13/h9-11H,2-8,13H2,1H3,(H,14,16). The Morgan fingerprint density at radius 3 is 2.88 bits per heavy atom. The van der Waals surface area contributed by atoms with E-state index in [-0.39, 0.29) is 11.9 Å². The molecule has 3 N–H and O–H groups in total. The lowest BCUT2D eigenvalue weighted by Gasteiger charge is -2.23. The molecule has 1 amide bonds. The van der Waals surface area contributed by atoms with Crippen molar-refractivity contribution in [2.24, 2.45) is 11.7 Å². The van der Waals surface area contributed by atoms with Gasteiger partial charge in [-0.1, -0.05) is 0 Å². The van der Waals surface area contributed by atoms with Crippen molar-refractivity contribution in [3.8, 4) is 0 Å². The van der Waals surface area contributed by atoms with Crippen molar-refractivity contribution in [1.29, 1.82) is 0 Å². The maximum absolute atomic E-state index is 11.9. The molecule has 4 nitrogen and oxygen atoms in total. The van der Waals surface area contributed by atoms with Gasteiger partial charge in [-0.05, 0) is 51.6 Å². The summed E-state index contributed by atoms with van der Waals surface area (Å²) in [6.45, 7) is 4.87. The highest BCUT2D eigenvalue weighted by Gasteiger charge is 2.31. The minimum absolute atomic E-state index is 0.0309. The molecule has 1 aliphatic carbocycles. The van der Waals surface area contributed by atoms with Crippen LogP contribution in [0.25, 0.3) is 0 Å². The van der Waals surface area contributed by atoms with Crippen LogP contribution in [0.4, 0.5) is 0 Å². The first-order chi connectivity index (χ1) is 7.70. The molecule has 4 heteroatoms. The van der Waals surface area contributed by atoms with Gasteiger partial charge in [0.2, 0.25) is 5.91 Å². The zero-order chi connectivity index (χ0) is 11.5. The predicted octanol–water partition coefficient (Wildman–Crippen LogP) is 0.324. The second-order valence-electron chi connectivity index (χ2n) is 5.19. The van der Waals surface area contributed by atoms with Gasteiger partial charge < -0.3 is 11.1 Å². The van der Waals surface area contributed by atoms with Gasteiger partial charge in [0.25, 0.3) is 0 Å². The minimum atomic E-state index is 0.0309. The molecule has 0 spiro atoms. The maximum Gasteiger partial charge on any atom is 0.237 e. The molecule has 2 atom stereocenters. The molecule has 0 aromatic carbocycles. The molecule has 0 radical (unpaired) electrons. The monoisotopic (exact) mass is 225 g/mol. The van der Waals surface area contributed by atoms with Crippen LogP contribution in [0.5, 0.6) is 0 Å². The van der Waals surface area contributed by atoms with Crippen LogP contribution in [0.15, 0.2) is 0 Å². The van der Waals surface area contributed by atoms with Gasteiger partial charge in [-0.15, -0.1) is 0 Å². The first-order valence-electron chi connectivity index (χ1n) is 6.45. The van der Waals surface area contributed by atoms with Gasteiger partial charge in [0.05, 0.1) is 6.04 Å². The Morgan fingerprint density at radius 1 is 1.50 bits per heavy atom. The fraction of sp³-hybridized carbons (Fsp3) is 0.917. The van der Waals surface area contributed by atoms with E-state index in [1.54, 1.807) is 0 Å². The van der Waals surface area contributed by atoms with E-state index in [9.17, 15) is 4.79 Å². The number of amides is 1. The lowest BCUT2D eigenvalue weighted by atomic mass is 10.1. The van der Waals surface area contributed by atoms with Crippen molar-refractivity contribution < 1.29 is 4.79 Å². The second-order valence-corrected chi connectivity index (χ2v) is 5.19. The van der Waals surface area contributed by atoms with Crippen molar-refractivity contribution >= 4 is 5.91 Å². The highest BCUT2D eigenvalue weighted by molar-refractivity contribution is 5.81. The van der Waals surface area contributed by atoms with Crippen molar-refractivity contribution in [3.63, 3.8) is 0 Å². The van der Waals surface area contributed by atoms with E-state index in [4.69, 9.17) is 5.73 Å². The molecule has 16 heavy (non-hydrogen) atoms. The van der Waals surface area contributed by atoms with Gasteiger partial charge in [0.1, 0.15) is 0 Å². The number of hydrogen-bond acceptors (Lipinski definition) is 3. The van der Waals surface area contributed by atoms with Crippen molar-refractivity contribution in [2.45, 2.75) is 44.7 Å². The van der Waals surface area contributed by atoms with Crippen LogP contribution in [0.3, 0.4) is 0 Å². The molecule has 2 fully saturated rings. The Balaban J connectivity index is 1.76. The van der Waals surface area contributed by atoms with Crippen LogP contribution in [0.2, 0.25) is 0 Å². The summed E-state index contributed by atoms with van der Waals surface area (Å²) in [6, 6.07) is 0.501. The smallest absolute Gasteiger partial charge is 0.237 e. The molecule has 2 rings (SSSR count). The fourth-order valence-electron chi connectivity index (χ4n) is 2.40. The number of nitrogens with zero attached hydrogens (tertiary/aromatic N) is 1. The zero-order valence-electron chi connectivity index (χ0n) is 10.1. The van der Waals surface area contributed by atoms with E-state index < -0.39 is 0 Å². The molecule has 2 aliphatic rings. The molecule has 0 aromatic rings. The number of likely N-dealkylation sites (tertiary alicyclic amines) is 1. The van der Waals surface area contributed by atoms with Crippen LogP contribution in [-0.2, 0) is 4.79 Å². The van der Waals surface area contributed by atoms with Gasteiger partial charge in [0, 0.05) is 12.6 Å². The van der Waals surface area contributed by atoms with Crippen LogP contribution >= 0.6 is 0 Å². The number of carbonyl (C=O) groups is 1. The van der Waals surface area contributed by atoms with Crippen LogP contribution in [0, 0.1) is 5.92 Å². The topological polar surface area (TPSA) is 58.4 Å². The van der Waals surface area contributed by atoms with E-state index in [0.29, 0.717) is 12.0 Å². The SMILES string of the molecule is CC(C(=O)NC1CC1)N1CCC(CCN)C1. The molecule has 1 saturated heterocycles. The summed E-state index contributed by atoms with van der Waals surface area (Å²) in [5.41, 5.74) is 5.57. The molecule has 0 aromatic heterocycles. The number of nitrogens with one attached hydrogen (secondary N) is 1. The van der Waals surface area contributed by atoms with Gasteiger partial charge in [-0.2, -0.15) is 0 Å². The van der Waals surface area contributed by atoms with Crippen LogP contribution < -0.4 is 11.1 Å². The van der Waals surface area contributed by atoms with Crippen molar-refractivity contribution in [3.05, 3.63) is 0 Å². The van der Waals surface area contributed by atoms with Gasteiger partial charge in [0.15, 0.2) is 0 Å². The van der Waals surface area contributed by atoms with E-state index in [0.717, 1.165) is 38.9 Å². The highest BCUT2D eigenvalue weighted by atomic mass is 16.2. The summed E-state index contributed by atoms with van der Waals surface area (Å²) in [5.74, 6) is 0.900. The normalized spacial score (nSPS) is 28.0. The Labute approximate surface area is 97.6 Å². The Kier molecular flexibility index (Phi) is 3.82. The first kappa shape index (κ1) is 11.9. The molecule has 1 aliphatic heterocycles. The molecular weight excluding hydrogens is 202 g/mol. The molecule has 0 bridgehead atoms. The lowest BCUT2D eigenvalue weighted by Crippen LogP contribution is -2.44. The Hall–Kier alpha value is -0.610. The third-order valence-electron chi connectivity index (χ3n) is 3.74. The molecular formula is C12H23N3O. The van der Waals surface area contributed by atoms with E-state index >= 15 is 0 Å². The minimum Gasteiger partial charge on any atom is -0.352 e. The van der Waals surface area contributed by atoms with Crippen molar-refractivity contribution in [1.82, 2.24) is 10.2 Å². The van der Waals surface area contributed by atoms with E-state index in [1.165, 1.54) is 6.42 Å². The number of hydrogen-bond donors (Lipinski definition) is 2. The largest absolute Gasteiger partial charge is 0.352 e. The average molecular weight is 225 g/mol. The maximum atomic E-state index is 11.9. The third-order valence-corrected chi connectivity index (χ3v) is 3.74. The molecule has 1 saturated carbocycles. The average Bonchev–Trinajstić information content (AvgIpc) is 2.95. The summed E-state index contributed by atoms with van der Waals surface area (Å²) in [7, 11) is 0. The van der Waals surface area contributed by atoms with Crippen molar-refractivity contribution in [2.75, 3.05) is 19.6 Å². The lowest BCUT2D eigenvalue weighted by molar-refractivity contribution is -0.125. The third kappa shape index (κ3) is 2.95. The molecule has 92 valence electrons. The summed E-state index contributed by atoms with van der Waals surface area (Å²) in [6.07, 6.45) is 4.61. The second kappa shape index (κ2) is 5.15. The number of rotatable bonds is 5. The van der Waals surface area contributed by atoms with Crippen LogP contribution in [-0.4, -0.2) is 42.5 Å². The zero-order valence-corrected chi connectivity index (χ0v) is 10.1. The highest BCUT2D eigenvalue weighted by Crippen LogP contribution is 2.22. The first-order valence-corrected chi connectivity index (χ1v) is 6.45. The molecule has 1 heterocycles. The van der Waals surface area contributed by atoms with Gasteiger partial charge >= 0.3 is 0 Å². The summed E-state index contributed by atoms with van der Waals surface area (Å²) in [4.78, 5) is 14.2. The number of carbonyl (C=O) groups excluding carboxylic acids is 1. The Morgan fingerprint density at radius 2 is 2.25 bits per heavy atom. The van der Waals surface area contributed by atoms with E-state index in [1.807, 2.05) is 6.92 Å².